The van der Waals surface area contributed by atoms with Crippen LogP contribution in [0.1, 0.15) is 25.3 Å². The van der Waals surface area contributed by atoms with Gasteiger partial charge in [0.15, 0.2) is 5.82 Å². The molecule has 28 heavy (non-hydrogen) atoms. The molecule has 0 N–H and O–H groups in total. The summed E-state index contributed by atoms with van der Waals surface area (Å²) in [5, 5.41) is 4.32. The fourth-order valence-electron chi connectivity index (χ4n) is 2.72. The van der Waals surface area contributed by atoms with E-state index in [0.29, 0.717) is 27.5 Å². The first-order valence-electron chi connectivity index (χ1n) is 9.05. The molecular formula is C21H18FN3O2S. The third kappa shape index (κ3) is 3.66. The summed E-state index contributed by atoms with van der Waals surface area (Å²) in [7, 11) is 0. The number of hydrogen-bond acceptors (Lipinski definition) is 5. The molecule has 0 aliphatic carbocycles. The Morgan fingerprint density at radius 1 is 1.18 bits per heavy atom. The Labute approximate surface area is 164 Å². The van der Waals surface area contributed by atoms with E-state index in [9.17, 15) is 9.18 Å². The highest BCUT2D eigenvalue weighted by atomic mass is 32.1. The van der Waals surface area contributed by atoms with Crippen molar-refractivity contribution in [1.29, 1.82) is 0 Å². The summed E-state index contributed by atoms with van der Waals surface area (Å²) in [5.41, 5.74) is 0.863. The number of aromatic nitrogens is 3. The Bertz CT molecular complexity index is 1210. The van der Waals surface area contributed by atoms with E-state index in [1.165, 1.54) is 28.0 Å². The van der Waals surface area contributed by atoms with Gasteiger partial charge in [-0.15, -0.1) is 5.10 Å². The molecule has 0 aliphatic rings. The molecule has 2 aromatic carbocycles. The van der Waals surface area contributed by atoms with Crippen molar-refractivity contribution in [3.05, 3.63) is 74.8 Å². The van der Waals surface area contributed by atoms with E-state index in [2.05, 4.69) is 17.0 Å². The molecule has 0 amide bonds. The van der Waals surface area contributed by atoms with Crippen molar-refractivity contribution in [3.63, 3.8) is 0 Å². The van der Waals surface area contributed by atoms with Crippen molar-refractivity contribution in [1.82, 2.24) is 14.6 Å². The van der Waals surface area contributed by atoms with Crippen LogP contribution in [0.3, 0.4) is 0 Å². The van der Waals surface area contributed by atoms with Crippen LogP contribution in [-0.4, -0.2) is 21.2 Å². The fourth-order valence-corrected chi connectivity index (χ4v) is 3.62. The van der Waals surface area contributed by atoms with E-state index in [0.717, 1.165) is 24.2 Å². The van der Waals surface area contributed by atoms with Gasteiger partial charge in [-0.3, -0.25) is 4.79 Å². The molecule has 4 aromatic rings. The summed E-state index contributed by atoms with van der Waals surface area (Å²) in [6, 6.07) is 13.8. The van der Waals surface area contributed by atoms with E-state index >= 15 is 0 Å². The number of halogens is 1. The summed E-state index contributed by atoms with van der Waals surface area (Å²) < 4.78 is 21.1. The van der Waals surface area contributed by atoms with E-state index in [1.54, 1.807) is 18.2 Å². The normalized spacial score (nSPS) is 12.0. The van der Waals surface area contributed by atoms with Crippen molar-refractivity contribution < 1.29 is 9.13 Å². The van der Waals surface area contributed by atoms with Gasteiger partial charge in [-0.25, -0.2) is 4.39 Å². The van der Waals surface area contributed by atoms with Gasteiger partial charge in [0.1, 0.15) is 11.6 Å². The van der Waals surface area contributed by atoms with E-state index in [4.69, 9.17) is 4.74 Å². The van der Waals surface area contributed by atoms with Gasteiger partial charge in [-0.1, -0.05) is 42.9 Å². The number of benzene rings is 2. The molecule has 7 heteroatoms. The topological polar surface area (TPSA) is 56.5 Å². The highest BCUT2D eigenvalue weighted by Gasteiger charge is 2.12. The highest BCUT2D eigenvalue weighted by molar-refractivity contribution is 7.15. The van der Waals surface area contributed by atoms with Gasteiger partial charge in [0, 0.05) is 11.1 Å². The zero-order chi connectivity index (χ0) is 19.5. The summed E-state index contributed by atoms with van der Waals surface area (Å²) in [6.45, 7) is 2.81. The quantitative estimate of drug-likeness (QED) is 0.467. The average molecular weight is 395 g/mol. The first-order chi connectivity index (χ1) is 13.7. The van der Waals surface area contributed by atoms with Crippen LogP contribution in [0, 0.1) is 5.82 Å². The van der Waals surface area contributed by atoms with Crippen LogP contribution in [0.5, 0.6) is 5.75 Å². The molecule has 2 aromatic heterocycles. The fraction of sp³-hybridized carbons (Fsp3) is 0.190. The average Bonchev–Trinajstić information content (AvgIpc) is 3.24. The summed E-state index contributed by atoms with van der Waals surface area (Å²) >= 11 is 1.19. The number of thiazole rings is 1. The molecule has 0 radical (unpaired) electrons. The predicted octanol–water partition coefficient (Wildman–Crippen LogP) is 3.68. The second-order valence-electron chi connectivity index (χ2n) is 6.29. The molecule has 0 bridgehead atoms. The summed E-state index contributed by atoms with van der Waals surface area (Å²) in [6.07, 6.45) is 3.63. The molecule has 0 saturated carbocycles. The van der Waals surface area contributed by atoms with Crippen LogP contribution in [0.4, 0.5) is 4.39 Å². The molecule has 0 saturated heterocycles. The number of ether oxygens (including phenoxy) is 1. The van der Waals surface area contributed by atoms with Crippen LogP contribution >= 0.6 is 11.3 Å². The molecule has 142 valence electrons. The maximum Gasteiger partial charge on any atom is 0.291 e. The molecule has 0 spiro atoms. The predicted molar refractivity (Wildman–Crippen MR) is 108 cm³/mol. The van der Waals surface area contributed by atoms with Gasteiger partial charge < -0.3 is 4.74 Å². The first-order valence-corrected chi connectivity index (χ1v) is 9.86. The maximum atomic E-state index is 13.8. The lowest BCUT2D eigenvalue weighted by Gasteiger charge is -2.05. The molecule has 5 nitrogen and oxygen atoms in total. The third-order valence-corrected chi connectivity index (χ3v) is 5.21. The Hall–Kier alpha value is -3.06. The van der Waals surface area contributed by atoms with Gasteiger partial charge in [0.2, 0.25) is 4.96 Å². The van der Waals surface area contributed by atoms with Crippen molar-refractivity contribution in [2.75, 3.05) is 6.61 Å². The number of nitrogens with zero attached hydrogens (tertiary/aromatic N) is 3. The number of fused-ring (bicyclic) bond motifs is 1. The Balaban J connectivity index is 1.63. The van der Waals surface area contributed by atoms with Crippen molar-refractivity contribution >= 4 is 22.4 Å². The van der Waals surface area contributed by atoms with Crippen molar-refractivity contribution in [2.24, 2.45) is 0 Å². The number of hydrogen-bond donors (Lipinski definition) is 0. The SMILES string of the molecule is CCCCOc1ccc(-c2nc3s/c(=C\c4ccccc4F)c(=O)n3n2)cc1. The van der Waals surface area contributed by atoms with Crippen LogP contribution in [0.2, 0.25) is 0 Å². The van der Waals surface area contributed by atoms with Crippen LogP contribution in [0.15, 0.2) is 53.3 Å². The zero-order valence-corrected chi connectivity index (χ0v) is 16.1. The zero-order valence-electron chi connectivity index (χ0n) is 15.3. The van der Waals surface area contributed by atoms with Crippen LogP contribution in [0.25, 0.3) is 22.4 Å². The smallest absolute Gasteiger partial charge is 0.291 e. The highest BCUT2D eigenvalue weighted by Crippen LogP contribution is 2.20. The van der Waals surface area contributed by atoms with Crippen molar-refractivity contribution in [3.8, 4) is 17.1 Å². The third-order valence-electron chi connectivity index (χ3n) is 4.25. The molecule has 0 aliphatic heterocycles. The summed E-state index contributed by atoms with van der Waals surface area (Å²) in [4.78, 5) is 17.5. The molecule has 2 heterocycles. The number of rotatable bonds is 6. The minimum Gasteiger partial charge on any atom is -0.494 e. The maximum absolute atomic E-state index is 13.8. The van der Waals surface area contributed by atoms with Gasteiger partial charge >= 0.3 is 0 Å². The molecular weight excluding hydrogens is 377 g/mol. The van der Waals surface area contributed by atoms with Crippen molar-refractivity contribution in [2.45, 2.75) is 19.8 Å². The Kier molecular flexibility index (Phi) is 5.16. The Morgan fingerprint density at radius 3 is 2.68 bits per heavy atom. The van der Waals surface area contributed by atoms with Gasteiger partial charge in [-0.05, 0) is 42.8 Å². The molecule has 0 atom stereocenters. The van der Waals surface area contributed by atoms with Gasteiger partial charge in [0.25, 0.3) is 5.56 Å². The monoisotopic (exact) mass is 395 g/mol. The number of unbranched alkanes of at least 4 members (excludes halogenated alkanes) is 1. The lowest BCUT2D eigenvalue weighted by atomic mass is 10.2. The standard InChI is InChI=1S/C21H18FN3O2S/c1-2-3-12-27-16-10-8-14(9-11-16)19-23-21-25(24-19)20(26)18(28-21)13-15-6-4-5-7-17(15)22/h4-11,13H,2-3,12H2,1H3/b18-13-. The van der Waals surface area contributed by atoms with E-state index in [-0.39, 0.29) is 11.4 Å². The van der Waals surface area contributed by atoms with Gasteiger partial charge in [-0.2, -0.15) is 9.50 Å². The molecule has 0 fully saturated rings. The minimum atomic E-state index is -0.372. The van der Waals surface area contributed by atoms with Crippen LogP contribution in [-0.2, 0) is 0 Å². The second-order valence-corrected chi connectivity index (χ2v) is 7.30. The Morgan fingerprint density at radius 2 is 1.96 bits per heavy atom. The first kappa shape index (κ1) is 18.3. The second kappa shape index (κ2) is 7.90. The van der Waals surface area contributed by atoms with Gasteiger partial charge in [0.05, 0.1) is 11.1 Å². The molecule has 4 rings (SSSR count). The summed E-state index contributed by atoms with van der Waals surface area (Å²) in [5.74, 6) is 0.897. The minimum absolute atomic E-state index is 0.304. The lowest BCUT2D eigenvalue weighted by Crippen LogP contribution is -2.23. The van der Waals surface area contributed by atoms with E-state index < -0.39 is 0 Å². The van der Waals surface area contributed by atoms with Crippen LogP contribution < -0.4 is 14.8 Å². The molecule has 0 unspecified atom stereocenters. The largest absolute Gasteiger partial charge is 0.494 e. The van der Waals surface area contributed by atoms with E-state index in [1.807, 2.05) is 24.3 Å². The lowest BCUT2D eigenvalue weighted by molar-refractivity contribution is 0.309.